The molecule has 3 atom stereocenters. The van der Waals surface area contributed by atoms with Gasteiger partial charge in [0, 0.05) is 23.8 Å². The number of aliphatic carboxylic acids is 2. The fourth-order valence-corrected chi connectivity index (χ4v) is 6.05. The van der Waals surface area contributed by atoms with Crippen LogP contribution in [0.15, 0.2) is 24.3 Å². The van der Waals surface area contributed by atoms with E-state index in [0.717, 1.165) is 40.0 Å². The summed E-state index contributed by atoms with van der Waals surface area (Å²) in [5, 5.41) is 33.7. The molecule has 0 radical (unpaired) electrons. The van der Waals surface area contributed by atoms with Gasteiger partial charge in [-0.05, 0) is 54.7 Å². The van der Waals surface area contributed by atoms with Crippen molar-refractivity contribution in [2.75, 3.05) is 11.5 Å². The Balaban J connectivity index is 2.61. The molecule has 0 aliphatic heterocycles. The van der Waals surface area contributed by atoms with Gasteiger partial charge in [0.05, 0.1) is 0 Å². The van der Waals surface area contributed by atoms with Crippen LogP contribution in [0.25, 0.3) is 0 Å². The number of rotatable bonds is 17. The van der Waals surface area contributed by atoms with Gasteiger partial charge in [-0.1, -0.05) is 68.3 Å². The number of hydrogen-bond acceptors (Lipinski definition) is 7. The monoisotopic (exact) mass is 570 g/mol. The molecule has 1 aromatic carbocycles. The van der Waals surface area contributed by atoms with Gasteiger partial charge in [0.2, 0.25) is 11.8 Å². The Labute approximate surface area is 233 Å². The van der Waals surface area contributed by atoms with Crippen LogP contribution in [0, 0.1) is 17.3 Å². The van der Waals surface area contributed by atoms with Gasteiger partial charge in [-0.25, -0.2) is 9.59 Å². The van der Waals surface area contributed by atoms with Crippen molar-refractivity contribution in [1.29, 1.82) is 0 Å². The Morgan fingerprint density at radius 2 is 1.42 bits per heavy atom. The van der Waals surface area contributed by atoms with Gasteiger partial charge in [0.1, 0.15) is 17.8 Å². The lowest BCUT2D eigenvalue weighted by molar-refractivity contribution is -0.142. The highest BCUT2D eigenvalue weighted by molar-refractivity contribution is 8.76. The second-order valence-electron chi connectivity index (χ2n) is 11.0. The molecule has 0 fully saturated rings. The molecule has 1 rings (SSSR count). The molecule has 0 aliphatic carbocycles. The zero-order chi connectivity index (χ0) is 28.9. The number of nitrogens with one attached hydrogen (secondary N) is 2. The van der Waals surface area contributed by atoms with Gasteiger partial charge in [0.25, 0.3) is 0 Å². The molecule has 0 spiro atoms. The van der Waals surface area contributed by atoms with Crippen molar-refractivity contribution in [3.05, 3.63) is 29.8 Å². The van der Waals surface area contributed by atoms with E-state index in [1.165, 1.54) is 0 Å². The molecule has 2 unspecified atom stereocenters. The van der Waals surface area contributed by atoms with Gasteiger partial charge in [-0.3, -0.25) is 9.59 Å². The smallest absolute Gasteiger partial charge is 0.327 e. The Morgan fingerprint density at radius 1 is 0.895 bits per heavy atom. The molecule has 5 N–H and O–H groups in total. The molecular weight excluding hydrogens is 528 g/mol. The van der Waals surface area contributed by atoms with Gasteiger partial charge in [-0.2, -0.15) is 0 Å². The fourth-order valence-electron chi connectivity index (χ4n) is 3.74. The molecule has 0 bridgehead atoms. The topological polar surface area (TPSA) is 153 Å². The third-order valence-electron chi connectivity index (χ3n) is 5.57. The Bertz CT molecular complexity index is 917. The van der Waals surface area contributed by atoms with Crippen LogP contribution in [0.5, 0.6) is 5.75 Å². The first-order valence-electron chi connectivity index (χ1n) is 12.8. The summed E-state index contributed by atoms with van der Waals surface area (Å²) in [7, 11) is 2.29. The van der Waals surface area contributed by atoms with Crippen molar-refractivity contribution in [2.24, 2.45) is 17.3 Å². The summed E-state index contributed by atoms with van der Waals surface area (Å²) in [6.45, 7) is 9.68. The average Bonchev–Trinajstić information content (AvgIpc) is 2.78. The van der Waals surface area contributed by atoms with Crippen LogP contribution in [0.1, 0.15) is 65.9 Å². The standard InChI is InChI=1S/C27H42N2O7S2/c1-17(2)13-19(8-6-7-18-9-11-20(30)12-10-18)24(32)29-22(26(35)36)16-38-37-15-21(25(33)34)28-23(31)14-27(3,4)5/h9-12,17,19,21-22,30H,6-8,13-16H2,1-5H3,(H,28,31)(H,29,32)(H,33,34)(H,35,36)/t19-,21?,22?/m1/s1. The summed E-state index contributed by atoms with van der Waals surface area (Å²) in [5.74, 6) is -2.74. The lowest BCUT2D eigenvalue weighted by Crippen LogP contribution is -2.45. The lowest BCUT2D eigenvalue weighted by Gasteiger charge is -2.22. The first-order chi connectivity index (χ1) is 17.7. The lowest BCUT2D eigenvalue weighted by atomic mass is 9.90. The molecule has 0 aromatic heterocycles. The predicted molar refractivity (Wildman–Crippen MR) is 152 cm³/mol. The van der Waals surface area contributed by atoms with Gasteiger partial charge >= 0.3 is 11.9 Å². The molecule has 1 aromatic rings. The highest BCUT2D eigenvalue weighted by Crippen LogP contribution is 2.25. The first-order valence-corrected chi connectivity index (χ1v) is 15.2. The molecule has 0 heterocycles. The van der Waals surface area contributed by atoms with E-state index in [1.807, 2.05) is 46.8 Å². The van der Waals surface area contributed by atoms with Gasteiger partial charge < -0.3 is 26.0 Å². The summed E-state index contributed by atoms with van der Waals surface area (Å²) >= 11 is 0. The Morgan fingerprint density at radius 3 is 1.89 bits per heavy atom. The zero-order valence-electron chi connectivity index (χ0n) is 22.9. The van der Waals surface area contributed by atoms with Crippen molar-refractivity contribution >= 4 is 45.3 Å². The number of aryl methyl sites for hydroxylation is 1. The summed E-state index contributed by atoms with van der Waals surface area (Å²) in [6, 6.07) is 4.72. The minimum atomic E-state index is -1.16. The second-order valence-corrected chi connectivity index (χ2v) is 13.6. The molecule has 38 heavy (non-hydrogen) atoms. The number of carboxylic acids is 2. The maximum atomic E-state index is 13.0. The van der Waals surface area contributed by atoms with E-state index in [2.05, 4.69) is 10.6 Å². The number of carbonyl (C=O) groups is 4. The van der Waals surface area contributed by atoms with Crippen LogP contribution in [-0.4, -0.2) is 62.7 Å². The summed E-state index contributed by atoms with van der Waals surface area (Å²) < 4.78 is 0. The number of carboxylic acid groups (broad SMARTS) is 2. The van der Waals surface area contributed by atoms with Crippen LogP contribution in [0.4, 0.5) is 0 Å². The van der Waals surface area contributed by atoms with E-state index in [4.69, 9.17) is 0 Å². The van der Waals surface area contributed by atoms with Gasteiger partial charge in [0.15, 0.2) is 0 Å². The van der Waals surface area contributed by atoms with Crippen LogP contribution in [0.3, 0.4) is 0 Å². The normalized spacial score (nSPS) is 13.9. The van der Waals surface area contributed by atoms with E-state index in [9.17, 15) is 34.5 Å². The Hall–Kier alpha value is -2.40. The third kappa shape index (κ3) is 14.5. The average molecular weight is 571 g/mol. The number of carbonyl (C=O) groups excluding carboxylic acids is 2. The quantitative estimate of drug-likeness (QED) is 0.136. The van der Waals surface area contributed by atoms with E-state index in [0.29, 0.717) is 12.8 Å². The molecule has 214 valence electrons. The minimum absolute atomic E-state index is 0.0515. The fraction of sp³-hybridized carbons (Fsp3) is 0.630. The number of benzene rings is 1. The van der Waals surface area contributed by atoms with E-state index in [-0.39, 0.29) is 52.7 Å². The highest BCUT2D eigenvalue weighted by Gasteiger charge is 2.27. The van der Waals surface area contributed by atoms with Crippen molar-refractivity contribution in [1.82, 2.24) is 10.6 Å². The zero-order valence-corrected chi connectivity index (χ0v) is 24.5. The SMILES string of the molecule is CC(C)C[C@@H](CCCc1ccc(O)cc1)C(=O)NC(CSSCC(NC(=O)CC(C)(C)C)C(=O)O)C(=O)O. The van der Waals surface area contributed by atoms with Gasteiger partial charge in [-0.15, -0.1) is 0 Å². The van der Waals surface area contributed by atoms with Crippen molar-refractivity contribution in [3.8, 4) is 5.75 Å². The van der Waals surface area contributed by atoms with Crippen LogP contribution < -0.4 is 10.6 Å². The van der Waals surface area contributed by atoms with E-state index >= 15 is 0 Å². The Kier molecular flexibility index (Phi) is 14.6. The van der Waals surface area contributed by atoms with Crippen LogP contribution >= 0.6 is 21.6 Å². The molecule has 0 aliphatic rings. The molecule has 2 amide bonds. The summed E-state index contributed by atoms with van der Waals surface area (Å²) in [4.78, 5) is 48.5. The van der Waals surface area contributed by atoms with E-state index in [1.54, 1.807) is 12.1 Å². The number of hydrogen-bond donors (Lipinski definition) is 5. The van der Waals surface area contributed by atoms with Crippen molar-refractivity contribution in [2.45, 2.75) is 78.8 Å². The van der Waals surface area contributed by atoms with E-state index < -0.39 is 24.0 Å². The first kappa shape index (κ1) is 33.6. The molecule has 11 heteroatoms. The highest BCUT2D eigenvalue weighted by atomic mass is 33.1. The molecule has 9 nitrogen and oxygen atoms in total. The molecular formula is C27H42N2O7S2. The van der Waals surface area contributed by atoms with Crippen LogP contribution in [0.2, 0.25) is 0 Å². The third-order valence-corrected chi connectivity index (χ3v) is 7.99. The molecule has 0 saturated heterocycles. The molecule has 0 saturated carbocycles. The predicted octanol–water partition coefficient (Wildman–Crippen LogP) is 4.33. The van der Waals surface area contributed by atoms with Crippen LogP contribution in [-0.2, 0) is 25.6 Å². The van der Waals surface area contributed by atoms with Crippen molar-refractivity contribution < 1.29 is 34.5 Å². The second kappa shape index (κ2) is 16.5. The largest absolute Gasteiger partial charge is 0.508 e. The number of phenols is 1. The number of aromatic hydroxyl groups is 1. The number of phenolic OH excluding ortho intramolecular Hbond substituents is 1. The minimum Gasteiger partial charge on any atom is -0.508 e. The van der Waals surface area contributed by atoms with Crippen molar-refractivity contribution in [3.63, 3.8) is 0 Å². The number of amides is 2. The maximum Gasteiger partial charge on any atom is 0.327 e. The summed E-state index contributed by atoms with van der Waals surface area (Å²) in [6.07, 6.45) is 2.91. The maximum absolute atomic E-state index is 13.0. The summed E-state index contributed by atoms with van der Waals surface area (Å²) in [5.41, 5.74) is 0.776.